The number of carbonyl (C=O) groups is 1. The van der Waals surface area contributed by atoms with Crippen molar-refractivity contribution in [2.75, 3.05) is 6.61 Å². The van der Waals surface area contributed by atoms with Crippen LogP contribution in [-0.4, -0.2) is 17.6 Å². The Morgan fingerprint density at radius 1 is 1.59 bits per heavy atom. The van der Waals surface area contributed by atoms with Gasteiger partial charge >= 0.3 is 5.97 Å². The zero-order valence-electron chi connectivity index (χ0n) is 8.93. The number of halogens is 3. The zero-order chi connectivity index (χ0) is 13.0. The van der Waals surface area contributed by atoms with E-state index in [9.17, 15) is 18.4 Å². The lowest BCUT2D eigenvalue weighted by Crippen LogP contribution is -2.20. The Morgan fingerprint density at radius 2 is 2.24 bits per heavy atom. The van der Waals surface area contributed by atoms with E-state index in [-0.39, 0.29) is 23.1 Å². The number of hydrogen-bond acceptors (Lipinski definition) is 3. The minimum atomic E-state index is -2.77. The summed E-state index contributed by atoms with van der Waals surface area (Å²) >= 11 is 2.98. The maximum Gasteiger partial charge on any atom is 0.310 e. The standard InChI is InChI=1S/C10H10BrF2NO3/c1-2-17-8(15)3-5-6(11)4-7(9(12)13)14-10(5)16/h4,9H,2-3H2,1H3,(H,14,16). The van der Waals surface area contributed by atoms with Crippen LogP contribution in [-0.2, 0) is 16.0 Å². The maximum absolute atomic E-state index is 12.4. The minimum Gasteiger partial charge on any atom is -0.466 e. The lowest BCUT2D eigenvalue weighted by atomic mass is 10.2. The van der Waals surface area contributed by atoms with Gasteiger partial charge in [0.05, 0.1) is 18.7 Å². The number of esters is 1. The average Bonchev–Trinajstić information content (AvgIpc) is 2.23. The molecule has 0 radical (unpaired) electrons. The summed E-state index contributed by atoms with van der Waals surface area (Å²) in [5.74, 6) is -0.580. The molecule has 0 amide bonds. The first-order valence-electron chi connectivity index (χ1n) is 4.81. The molecule has 0 aromatic carbocycles. The van der Waals surface area contributed by atoms with Crippen molar-refractivity contribution in [2.45, 2.75) is 19.8 Å². The van der Waals surface area contributed by atoms with Gasteiger partial charge in [0, 0.05) is 10.0 Å². The van der Waals surface area contributed by atoms with Gasteiger partial charge in [0.15, 0.2) is 0 Å². The van der Waals surface area contributed by atoms with Crippen LogP contribution in [0.3, 0.4) is 0 Å². The predicted octanol–water partition coefficient (Wildman–Crippen LogP) is 2.18. The van der Waals surface area contributed by atoms with Crippen LogP contribution in [0.4, 0.5) is 8.78 Å². The third kappa shape index (κ3) is 3.62. The smallest absolute Gasteiger partial charge is 0.310 e. The van der Waals surface area contributed by atoms with E-state index in [0.29, 0.717) is 0 Å². The molecule has 1 rings (SSSR count). The first-order chi connectivity index (χ1) is 7.95. The summed E-state index contributed by atoms with van der Waals surface area (Å²) in [6.07, 6.45) is -3.02. The molecule has 1 aromatic heterocycles. The summed E-state index contributed by atoms with van der Waals surface area (Å²) in [7, 11) is 0. The van der Waals surface area contributed by atoms with Crippen molar-refractivity contribution in [3.8, 4) is 0 Å². The van der Waals surface area contributed by atoms with Gasteiger partial charge in [-0.05, 0) is 13.0 Å². The molecule has 0 saturated carbocycles. The number of hydrogen-bond donors (Lipinski definition) is 1. The Bertz CT molecular complexity index is 473. The third-order valence-corrected chi connectivity index (χ3v) is 2.67. The monoisotopic (exact) mass is 309 g/mol. The molecule has 0 fully saturated rings. The average molecular weight is 310 g/mol. The largest absolute Gasteiger partial charge is 0.466 e. The van der Waals surface area contributed by atoms with Crippen LogP contribution in [0.1, 0.15) is 24.6 Å². The number of nitrogens with one attached hydrogen (secondary N) is 1. The van der Waals surface area contributed by atoms with Crippen molar-refractivity contribution in [3.05, 3.63) is 32.2 Å². The van der Waals surface area contributed by atoms with E-state index in [1.165, 1.54) is 0 Å². The SMILES string of the molecule is CCOC(=O)Cc1c(Br)cc(C(F)F)[nH]c1=O. The number of carbonyl (C=O) groups excluding carboxylic acids is 1. The van der Waals surface area contributed by atoms with E-state index in [0.717, 1.165) is 6.07 Å². The Kier molecular flexibility index (Phi) is 4.80. The van der Waals surface area contributed by atoms with Crippen LogP contribution >= 0.6 is 15.9 Å². The molecule has 0 spiro atoms. The van der Waals surface area contributed by atoms with E-state index < -0.39 is 23.6 Å². The number of alkyl halides is 2. The van der Waals surface area contributed by atoms with Gasteiger partial charge in [0.2, 0.25) is 0 Å². The topological polar surface area (TPSA) is 59.2 Å². The highest BCUT2D eigenvalue weighted by Gasteiger charge is 2.16. The van der Waals surface area contributed by atoms with Gasteiger partial charge in [-0.15, -0.1) is 0 Å². The highest BCUT2D eigenvalue weighted by molar-refractivity contribution is 9.10. The summed E-state index contributed by atoms with van der Waals surface area (Å²) < 4.78 is 29.6. The molecule has 1 N–H and O–H groups in total. The highest BCUT2D eigenvalue weighted by Crippen LogP contribution is 2.21. The van der Waals surface area contributed by atoms with Crippen LogP contribution in [0.25, 0.3) is 0 Å². The molecule has 0 atom stereocenters. The maximum atomic E-state index is 12.4. The molecule has 0 saturated heterocycles. The number of aromatic nitrogens is 1. The molecule has 1 aromatic rings. The van der Waals surface area contributed by atoms with Crippen LogP contribution in [0.5, 0.6) is 0 Å². The Balaban J connectivity index is 3.02. The van der Waals surface area contributed by atoms with Crippen molar-refractivity contribution in [1.82, 2.24) is 4.98 Å². The molecular weight excluding hydrogens is 300 g/mol. The van der Waals surface area contributed by atoms with Gasteiger partial charge in [-0.25, -0.2) is 8.78 Å². The van der Waals surface area contributed by atoms with Crippen molar-refractivity contribution in [3.63, 3.8) is 0 Å². The summed E-state index contributed by atoms with van der Waals surface area (Å²) in [6, 6.07) is 1.08. The Morgan fingerprint density at radius 3 is 2.71 bits per heavy atom. The van der Waals surface area contributed by atoms with Gasteiger partial charge in [0.25, 0.3) is 12.0 Å². The van der Waals surface area contributed by atoms with Gasteiger partial charge in [-0.1, -0.05) is 15.9 Å². The van der Waals surface area contributed by atoms with Crippen molar-refractivity contribution >= 4 is 21.9 Å². The molecule has 7 heteroatoms. The van der Waals surface area contributed by atoms with E-state index in [4.69, 9.17) is 0 Å². The minimum absolute atomic E-state index is 0.0767. The second-order valence-corrected chi connectivity index (χ2v) is 4.02. The molecule has 0 unspecified atom stereocenters. The first kappa shape index (κ1) is 13.8. The second kappa shape index (κ2) is 5.90. The number of rotatable bonds is 4. The summed E-state index contributed by atoms with van der Waals surface area (Å²) in [5.41, 5.74) is -1.13. The van der Waals surface area contributed by atoms with Crippen LogP contribution in [0, 0.1) is 0 Å². The van der Waals surface area contributed by atoms with E-state index in [2.05, 4.69) is 20.7 Å². The zero-order valence-corrected chi connectivity index (χ0v) is 10.5. The molecule has 0 aliphatic rings. The summed E-state index contributed by atoms with van der Waals surface area (Å²) in [5, 5.41) is 0. The van der Waals surface area contributed by atoms with Gasteiger partial charge < -0.3 is 9.72 Å². The van der Waals surface area contributed by atoms with E-state index in [1.807, 2.05) is 4.98 Å². The number of pyridine rings is 1. The molecule has 0 aliphatic carbocycles. The highest BCUT2D eigenvalue weighted by atomic mass is 79.9. The van der Waals surface area contributed by atoms with Crippen molar-refractivity contribution in [2.24, 2.45) is 0 Å². The van der Waals surface area contributed by atoms with Crippen molar-refractivity contribution < 1.29 is 18.3 Å². The lowest BCUT2D eigenvalue weighted by molar-refractivity contribution is -0.142. The number of aromatic amines is 1. The third-order valence-electron chi connectivity index (χ3n) is 1.96. The first-order valence-corrected chi connectivity index (χ1v) is 5.60. The molecule has 94 valence electrons. The molecule has 17 heavy (non-hydrogen) atoms. The fourth-order valence-corrected chi connectivity index (χ4v) is 1.78. The Hall–Kier alpha value is -1.24. The number of ether oxygens (including phenoxy) is 1. The number of H-pyrrole nitrogens is 1. The molecule has 0 bridgehead atoms. The van der Waals surface area contributed by atoms with E-state index >= 15 is 0 Å². The van der Waals surface area contributed by atoms with Crippen molar-refractivity contribution in [1.29, 1.82) is 0 Å². The van der Waals surface area contributed by atoms with E-state index in [1.54, 1.807) is 6.92 Å². The quantitative estimate of drug-likeness (QED) is 0.867. The normalized spacial score (nSPS) is 10.6. The fourth-order valence-electron chi connectivity index (χ4n) is 1.21. The second-order valence-electron chi connectivity index (χ2n) is 3.16. The Labute approximate surface area is 104 Å². The van der Waals surface area contributed by atoms with Crippen LogP contribution in [0.2, 0.25) is 0 Å². The molecule has 4 nitrogen and oxygen atoms in total. The van der Waals surface area contributed by atoms with Gasteiger partial charge in [-0.2, -0.15) is 0 Å². The lowest BCUT2D eigenvalue weighted by Gasteiger charge is -2.06. The fraction of sp³-hybridized carbons (Fsp3) is 0.400. The van der Waals surface area contributed by atoms with Crippen LogP contribution in [0.15, 0.2) is 15.3 Å². The molecular formula is C10H10BrF2NO3. The molecule has 0 aliphatic heterocycles. The van der Waals surface area contributed by atoms with Gasteiger partial charge in [-0.3, -0.25) is 9.59 Å². The summed E-state index contributed by atoms with van der Waals surface area (Å²) in [6.45, 7) is 1.83. The summed E-state index contributed by atoms with van der Waals surface area (Å²) in [4.78, 5) is 24.7. The molecule has 1 heterocycles. The predicted molar refractivity (Wildman–Crippen MR) is 60.1 cm³/mol. The van der Waals surface area contributed by atoms with Gasteiger partial charge in [0.1, 0.15) is 0 Å². The van der Waals surface area contributed by atoms with Crippen LogP contribution < -0.4 is 5.56 Å².